The monoisotopic (exact) mass is 273 g/mol. The number of nitrogens with one attached hydrogen (secondary N) is 1. The number of hydrogen-bond acceptors (Lipinski definition) is 1. The molecule has 2 aliphatic carbocycles. The third kappa shape index (κ3) is 2.86. The standard InChI is InChI=1S/C13H17Cl2NO/c1-8(16-13(17)7-14)12-6-10(15)5-9-3-2-4-11(9)12/h5-6,8-9,11H,2-4,7H2,1H3,(H,16,17). The number of alkyl halides is 1. The van der Waals surface area contributed by atoms with E-state index in [9.17, 15) is 4.79 Å². The van der Waals surface area contributed by atoms with Gasteiger partial charge in [-0.15, -0.1) is 11.6 Å². The zero-order valence-corrected chi connectivity index (χ0v) is 11.4. The number of fused-ring (bicyclic) bond motifs is 1. The van der Waals surface area contributed by atoms with Crippen LogP contribution in [0.1, 0.15) is 26.2 Å². The summed E-state index contributed by atoms with van der Waals surface area (Å²) in [6, 6.07) is 0.0225. The summed E-state index contributed by atoms with van der Waals surface area (Å²) in [6.45, 7) is 2.00. The van der Waals surface area contributed by atoms with Gasteiger partial charge >= 0.3 is 0 Å². The van der Waals surface area contributed by atoms with Crippen LogP contribution >= 0.6 is 23.2 Å². The molecule has 0 heterocycles. The van der Waals surface area contributed by atoms with Gasteiger partial charge in [-0.2, -0.15) is 0 Å². The van der Waals surface area contributed by atoms with E-state index in [2.05, 4.69) is 11.4 Å². The molecule has 2 rings (SSSR count). The Morgan fingerprint density at radius 3 is 3.06 bits per heavy atom. The predicted octanol–water partition coefficient (Wildman–Crippen LogP) is 3.21. The van der Waals surface area contributed by atoms with E-state index in [0.29, 0.717) is 11.8 Å². The van der Waals surface area contributed by atoms with E-state index in [1.165, 1.54) is 24.8 Å². The van der Waals surface area contributed by atoms with Gasteiger partial charge in [-0.1, -0.05) is 24.1 Å². The van der Waals surface area contributed by atoms with Gasteiger partial charge in [-0.25, -0.2) is 0 Å². The van der Waals surface area contributed by atoms with Crippen LogP contribution in [0.4, 0.5) is 0 Å². The second-order valence-electron chi connectivity index (χ2n) is 4.82. The van der Waals surface area contributed by atoms with Crippen LogP contribution < -0.4 is 5.32 Å². The van der Waals surface area contributed by atoms with Gasteiger partial charge in [0.1, 0.15) is 5.88 Å². The lowest BCUT2D eigenvalue weighted by atomic mass is 9.81. The Labute approximate surface area is 112 Å². The average Bonchev–Trinajstić information content (AvgIpc) is 2.75. The van der Waals surface area contributed by atoms with Crippen LogP contribution in [0.15, 0.2) is 22.8 Å². The van der Waals surface area contributed by atoms with Crippen LogP contribution in [0, 0.1) is 11.8 Å². The van der Waals surface area contributed by atoms with Gasteiger partial charge in [0.2, 0.25) is 5.91 Å². The quantitative estimate of drug-likeness (QED) is 0.787. The summed E-state index contributed by atoms with van der Waals surface area (Å²) in [5.74, 6) is 0.983. The van der Waals surface area contributed by atoms with E-state index in [4.69, 9.17) is 23.2 Å². The Morgan fingerprint density at radius 2 is 2.35 bits per heavy atom. The molecule has 1 fully saturated rings. The predicted molar refractivity (Wildman–Crippen MR) is 71.2 cm³/mol. The number of carbonyl (C=O) groups is 1. The van der Waals surface area contributed by atoms with Crippen molar-refractivity contribution >= 4 is 29.1 Å². The highest BCUT2D eigenvalue weighted by Crippen LogP contribution is 2.43. The minimum Gasteiger partial charge on any atom is -0.349 e. The van der Waals surface area contributed by atoms with Crippen LogP contribution in [0.25, 0.3) is 0 Å². The molecule has 3 unspecified atom stereocenters. The van der Waals surface area contributed by atoms with Crippen LogP contribution in [-0.4, -0.2) is 17.8 Å². The van der Waals surface area contributed by atoms with Crippen LogP contribution in [0.2, 0.25) is 0 Å². The summed E-state index contributed by atoms with van der Waals surface area (Å²) in [5.41, 5.74) is 1.25. The number of allylic oxidation sites excluding steroid dienone is 3. The van der Waals surface area contributed by atoms with Crippen molar-refractivity contribution in [2.45, 2.75) is 32.2 Å². The second kappa shape index (κ2) is 5.45. The highest BCUT2D eigenvalue weighted by molar-refractivity contribution is 6.31. The summed E-state index contributed by atoms with van der Waals surface area (Å²) >= 11 is 11.6. The smallest absolute Gasteiger partial charge is 0.235 e. The van der Waals surface area contributed by atoms with Gasteiger partial charge in [0.15, 0.2) is 0 Å². The average molecular weight is 274 g/mol. The summed E-state index contributed by atoms with van der Waals surface area (Å²) in [4.78, 5) is 11.3. The van der Waals surface area contributed by atoms with E-state index in [1.807, 2.05) is 13.0 Å². The lowest BCUT2D eigenvalue weighted by molar-refractivity contribution is -0.119. The van der Waals surface area contributed by atoms with Crippen molar-refractivity contribution in [2.24, 2.45) is 11.8 Å². The molecule has 17 heavy (non-hydrogen) atoms. The molecular formula is C13H17Cl2NO. The molecule has 2 aliphatic rings. The van der Waals surface area contributed by atoms with Crippen molar-refractivity contribution in [3.63, 3.8) is 0 Å². The lowest BCUT2D eigenvalue weighted by Crippen LogP contribution is -2.37. The minimum absolute atomic E-state index is 0.00921. The van der Waals surface area contributed by atoms with Crippen molar-refractivity contribution in [1.82, 2.24) is 5.32 Å². The summed E-state index contributed by atoms with van der Waals surface area (Å²) in [7, 11) is 0. The Kier molecular flexibility index (Phi) is 4.16. The van der Waals surface area contributed by atoms with Gasteiger partial charge in [0, 0.05) is 11.1 Å². The molecule has 0 aliphatic heterocycles. The molecule has 94 valence electrons. The van der Waals surface area contributed by atoms with Gasteiger partial charge in [0.05, 0.1) is 0 Å². The van der Waals surface area contributed by atoms with E-state index < -0.39 is 0 Å². The SMILES string of the molecule is CC(NC(=O)CCl)C1=CC(Cl)=CC2CCCC12. The number of carbonyl (C=O) groups excluding carboxylic acids is 1. The first kappa shape index (κ1) is 13.0. The van der Waals surface area contributed by atoms with Crippen molar-refractivity contribution in [2.75, 3.05) is 5.88 Å². The summed E-state index contributed by atoms with van der Waals surface area (Å²) < 4.78 is 0. The fraction of sp³-hybridized carbons (Fsp3) is 0.615. The molecule has 0 aromatic carbocycles. The Hall–Kier alpha value is -0.470. The van der Waals surface area contributed by atoms with Crippen LogP contribution in [-0.2, 0) is 4.79 Å². The first-order valence-electron chi connectivity index (χ1n) is 6.06. The Morgan fingerprint density at radius 1 is 1.59 bits per heavy atom. The van der Waals surface area contributed by atoms with Gasteiger partial charge in [0.25, 0.3) is 0 Å². The maximum absolute atomic E-state index is 11.3. The third-order valence-corrected chi connectivity index (χ3v) is 4.15. The second-order valence-corrected chi connectivity index (χ2v) is 5.52. The van der Waals surface area contributed by atoms with Gasteiger partial charge in [-0.3, -0.25) is 4.79 Å². The molecule has 2 nitrogen and oxygen atoms in total. The van der Waals surface area contributed by atoms with Crippen LogP contribution in [0.3, 0.4) is 0 Å². The maximum atomic E-state index is 11.3. The number of hydrogen-bond donors (Lipinski definition) is 1. The molecule has 1 N–H and O–H groups in total. The van der Waals surface area contributed by atoms with Crippen molar-refractivity contribution in [3.8, 4) is 0 Å². The zero-order valence-electron chi connectivity index (χ0n) is 9.88. The zero-order chi connectivity index (χ0) is 12.4. The molecule has 3 atom stereocenters. The molecule has 1 saturated carbocycles. The van der Waals surface area contributed by atoms with E-state index >= 15 is 0 Å². The Bertz CT molecular complexity index is 376. The van der Waals surface area contributed by atoms with E-state index in [0.717, 1.165) is 5.03 Å². The lowest BCUT2D eigenvalue weighted by Gasteiger charge is -2.29. The summed E-state index contributed by atoms with van der Waals surface area (Å²) in [5, 5.41) is 3.71. The van der Waals surface area contributed by atoms with Gasteiger partial charge < -0.3 is 5.32 Å². The minimum atomic E-state index is -0.125. The van der Waals surface area contributed by atoms with E-state index in [-0.39, 0.29) is 17.8 Å². The highest BCUT2D eigenvalue weighted by atomic mass is 35.5. The topological polar surface area (TPSA) is 29.1 Å². The molecule has 1 amide bonds. The Balaban J connectivity index is 2.13. The van der Waals surface area contributed by atoms with E-state index in [1.54, 1.807) is 0 Å². The third-order valence-electron chi connectivity index (χ3n) is 3.67. The molecule has 0 saturated heterocycles. The molecule has 0 spiro atoms. The van der Waals surface area contributed by atoms with Crippen molar-refractivity contribution in [3.05, 3.63) is 22.8 Å². The van der Waals surface area contributed by atoms with Crippen molar-refractivity contribution in [1.29, 1.82) is 0 Å². The molecule has 0 radical (unpaired) electrons. The number of amides is 1. The highest BCUT2D eigenvalue weighted by Gasteiger charge is 2.33. The van der Waals surface area contributed by atoms with Gasteiger partial charge in [-0.05, 0) is 43.3 Å². The number of rotatable bonds is 3. The first-order valence-corrected chi connectivity index (χ1v) is 6.97. The molecule has 0 bridgehead atoms. The fourth-order valence-corrected chi connectivity index (χ4v) is 3.30. The number of halogens is 2. The normalized spacial score (nSPS) is 29.1. The molecule has 0 aromatic heterocycles. The molecule has 0 aromatic rings. The van der Waals surface area contributed by atoms with Crippen molar-refractivity contribution < 1.29 is 4.79 Å². The maximum Gasteiger partial charge on any atom is 0.235 e. The molecular weight excluding hydrogens is 257 g/mol. The molecule has 4 heteroatoms. The first-order chi connectivity index (χ1) is 8.11. The fourth-order valence-electron chi connectivity index (χ4n) is 2.93. The largest absolute Gasteiger partial charge is 0.349 e. The summed E-state index contributed by atoms with van der Waals surface area (Å²) in [6.07, 6.45) is 7.79. The van der Waals surface area contributed by atoms with Crippen LogP contribution in [0.5, 0.6) is 0 Å².